The maximum Gasteiger partial charge on any atom is 0.259 e. The Labute approximate surface area is 142 Å². The summed E-state index contributed by atoms with van der Waals surface area (Å²) in [4.78, 5) is 12.2. The topological polar surface area (TPSA) is 82.1 Å². The number of aliphatic hydroxyl groups is 1. The van der Waals surface area contributed by atoms with Crippen LogP contribution >= 0.6 is 23.2 Å². The molecular weight excluding hydrogens is 341 g/mol. The fourth-order valence-electron chi connectivity index (χ4n) is 2.15. The largest absolute Gasteiger partial charge is 0.507 e. The number of carbonyl (C=O) groups excluding carboxylic acids is 1. The van der Waals surface area contributed by atoms with Gasteiger partial charge in [-0.05, 0) is 35.9 Å². The van der Waals surface area contributed by atoms with Gasteiger partial charge in [0.05, 0.1) is 16.3 Å². The number of amides is 1. The van der Waals surface area contributed by atoms with E-state index in [4.69, 9.17) is 27.9 Å². The highest BCUT2D eigenvalue weighted by Crippen LogP contribution is 2.31. The number of aromatic hydroxyl groups is 1. The molecule has 1 atom stereocenters. The first-order chi connectivity index (χ1) is 10.9. The number of halogens is 2. The number of hydrogen-bond donors (Lipinski definition) is 3. The van der Waals surface area contributed by atoms with Gasteiger partial charge in [-0.1, -0.05) is 29.3 Å². The maximum atomic E-state index is 12.2. The third kappa shape index (κ3) is 3.76. The number of rotatable bonds is 4. The minimum Gasteiger partial charge on any atom is -0.507 e. The Bertz CT molecular complexity index is 775. The number of anilines is 1. The second-order valence-corrected chi connectivity index (χ2v) is 6.19. The number of epoxide rings is 1. The Morgan fingerprint density at radius 3 is 2.65 bits per heavy atom. The minimum atomic E-state index is -1.10. The second-order valence-electron chi connectivity index (χ2n) is 5.34. The van der Waals surface area contributed by atoms with E-state index in [2.05, 4.69) is 5.32 Å². The summed E-state index contributed by atoms with van der Waals surface area (Å²) in [7, 11) is 0. The van der Waals surface area contributed by atoms with Crippen molar-refractivity contribution in [2.75, 3.05) is 11.9 Å². The van der Waals surface area contributed by atoms with Crippen molar-refractivity contribution >= 4 is 34.8 Å². The first-order valence-electron chi connectivity index (χ1n) is 6.81. The van der Waals surface area contributed by atoms with Crippen molar-refractivity contribution < 1.29 is 19.7 Å². The van der Waals surface area contributed by atoms with E-state index < -0.39 is 11.7 Å². The third-order valence-electron chi connectivity index (χ3n) is 3.44. The smallest absolute Gasteiger partial charge is 0.259 e. The number of phenolic OH excluding ortho intramolecular Hbond substituents is 1. The van der Waals surface area contributed by atoms with Gasteiger partial charge in [0.15, 0.2) is 5.79 Å². The Hall–Kier alpha value is -1.79. The molecule has 2 aromatic rings. The fourth-order valence-corrected chi connectivity index (χ4v) is 2.58. The highest BCUT2D eigenvalue weighted by molar-refractivity contribution is 6.34. The lowest BCUT2D eigenvalue weighted by Crippen LogP contribution is -2.14. The Morgan fingerprint density at radius 2 is 2.00 bits per heavy atom. The van der Waals surface area contributed by atoms with Crippen LogP contribution in [-0.4, -0.2) is 28.5 Å². The molecule has 1 saturated heterocycles. The van der Waals surface area contributed by atoms with Gasteiger partial charge in [-0.2, -0.15) is 0 Å². The number of phenols is 1. The summed E-state index contributed by atoms with van der Waals surface area (Å²) in [6.07, 6.45) is 0.329. The van der Waals surface area contributed by atoms with E-state index in [1.54, 1.807) is 18.2 Å². The minimum absolute atomic E-state index is 0.0540. The molecule has 120 valence electrons. The van der Waals surface area contributed by atoms with Crippen molar-refractivity contribution in [2.24, 2.45) is 0 Å². The van der Waals surface area contributed by atoms with Crippen LogP contribution in [0.1, 0.15) is 15.9 Å². The fraction of sp³-hybridized carbons (Fsp3) is 0.188. The lowest BCUT2D eigenvalue weighted by Gasteiger charge is -2.11. The quantitative estimate of drug-likeness (QED) is 0.737. The number of carbonyl (C=O) groups is 1. The van der Waals surface area contributed by atoms with Gasteiger partial charge >= 0.3 is 0 Å². The molecule has 3 N–H and O–H groups in total. The van der Waals surface area contributed by atoms with Crippen LogP contribution in [0.15, 0.2) is 36.4 Å². The zero-order chi connectivity index (χ0) is 16.6. The predicted octanol–water partition coefficient (Wildman–Crippen LogP) is 3.21. The molecule has 0 aromatic heterocycles. The van der Waals surface area contributed by atoms with Crippen molar-refractivity contribution in [3.8, 4) is 5.75 Å². The molecule has 1 amide bonds. The highest BCUT2D eigenvalue weighted by atomic mass is 35.5. The summed E-state index contributed by atoms with van der Waals surface area (Å²) in [5.74, 6) is -1.79. The molecule has 1 fully saturated rings. The van der Waals surface area contributed by atoms with Crippen LogP contribution in [0.25, 0.3) is 0 Å². The summed E-state index contributed by atoms with van der Waals surface area (Å²) in [6.45, 7) is 0.303. The van der Waals surface area contributed by atoms with Gasteiger partial charge in [-0.15, -0.1) is 0 Å². The number of ether oxygens (including phenoxy) is 1. The third-order valence-corrected chi connectivity index (χ3v) is 3.99. The molecular formula is C16H13Cl2NO4. The summed E-state index contributed by atoms with van der Waals surface area (Å²) < 4.78 is 4.92. The van der Waals surface area contributed by atoms with Gasteiger partial charge in [-0.25, -0.2) is 0 Å². The van der Waals surface area contributed by atoms with Crippen LogP contribution in [-0.2, 0) is 11.2 Å². The van der Waals surface area contributed by atoms with Crippen LogP contribution in [0.2, 0.25) is 10.0 Å². The van der Waals surface area contributed by atoms with E-state index in [9.17, 15) is 15.0 Å². The standard InChI is InChI=1S/C16H13Cl2NO4/c17-10-2-4-14(20)11(6-10)15(21)19-13-3-1-9(5-12(13)18)7-16(22)8-23-16/h1-6,20,22H,7-8H2,(H,19,21). The van der Waals surface area contributed by atoms with Crippen LogP contribution in [0.3, 0.4) is 0 Å². The molecule has 2 aromatic carbocycles. The number of hydrogen-bond acceptors (Lipinski definition) is 4. The number of nitrogens with one attached hydrogen (secondary N) is 1. The van der Waals surface area contributed by atoms with Crippen molar-refractivity contribution in [2.45, 2.75) is 12.2 Å². The van der Waals surface area contributed by atoms with Gasteiger partial charge in [0.25, 0.3) is 5.91 Å². The first kappa shape index (κ1) is 16.1. The van der Waals surface area contributed by atoms with Crippen molar-refractivity contribution in [3.63, 3.8) is 0 Å². The Kier molecular flexibility index (Phi) is 4.21. The summed E-state index contributed by atoms with van der Waals surface area (Å²) >= 11 is 12.0. The monoisotopic (exact) mass is 353 g/mol. The van der Waals surface area contributed by atoms with E-state index in [1.165, 1.54) is 18.2 Å². The molecule has 1 aliphatic rings. The Morgan fingerprint density at radius 1 is 1.26 bits per heavy atom. The summed E-state index contributed by atoms with van der Waals surface area (Å²) in [5.41, 5.74) is 1.24. The molecule has 1 aliphatic heterocycles. The van der Waals surface area contributed by atoms with Gasteiger partial charge in [0, 0.05) is 11.4 Å². The van der Waals surface area contributed by atoms with Gasteiger partial charge in [-0.3, -0.25) is 4.79 Å². The second kappa shape index (κ2) is 6.02. The van der Waals surface area contributed by atoms with Crippen LogP contribution in [0.5, 0.6) is 5.75 Å². The zero-order valence-corrected chi connectivity index (χ0v) is 13.4. The van der Waals surface area contributed by atoms with E-state index in [-0.39, 0.29) is 11.3 Å². The SMILES string of the molecule is O=C(Nc1ccc(CC2(O)CO2)cc1Cl)c1cc(Cl)ccc1O. The van der Waals surface area contributed by atoms with Gasteiger partial charge in [0.2, 0.25) is 0 Å². The molecule has 5 nitrogen and oxygen atoms in total. The van der Waals surface area contributed by atoms with Crippen LogP contribution in [0.4, 0.5) is 5.69 Å². The average Bonchev–Trinajstić information content (AvgIpc) is 3.21. The zero-order valence-electron chi connectivity index (χ0n) is 11.8. The van der Waals surface area contributed by atoms with Crippen LogP contribution < -0.4 is 5.32 Å². The van der Waals surface area contributed by atoms with Gasteiger partial charge in [0.1, 0.15) is 12.4 Å². The first-order valence-corrected chi connectivity index (χ1v) is 7.56. The van der Waals surface area contributed by atoms with E-state index in [0.29, 0.717) is 28.8 Å². The van der Waals surface area contributed by atoms with Crippen molar-refractivity contribution in [1.82, 2.24) is 0 Å². The number of benzene rings is 2. The molecule has 0 saturated carbocycles. The normalized spacial score (nSPS) is 19.4. The van der Waals surface area contributed by atoms with E-state index in [1.807, 2.05) is 0 Å². The molecule has 0 bridgehead atoms. The van der Waals surface area contributed by atoms with E-state index in [0.717, 1.165) is 5.56 Å². The lowest BCUT2D eigenvalue weighted by atomic mass is 10.1. The summed E-state index contributed by atoms with van der Waals surface area (Å²) in [6, 6.07) is 9.21. The average molecular weight is 354 g/mol. The summed E-state index contributed by atoms with van der Waals surface area (Å²) in [5, 5.41) is 22.7. The molecule has 3 rings (SSSR count). The van der Waals surface area contributed by atoms with Crippen molar-refractivity contribution in [3.05, 3.63) is 57.6 Å². The molecule has 23 heavy (non-hydrogen) atoms. The molecule has 0 spiro atoms. The molecule has 1 unspecified atom stereocenters. The van der Waals surface area contributed by atoms with E-state index >= 15 is 0 Å². The highest BCUT2D eigenvalue weighted by Gasteiger charge is 2.42. The molecule has 0 radical (unpaired) electrons. The van der Waals surface area contributed by atoms with Crippen LogP contribution in [0, 0.1) is 0 Å². The maximum absolute atomic E-state index is 12.2. The Balaban J connectivity index is 1.77. The predicted molar refractivity (Wildman–Crippen MR) is 87.1 cm³/mol. The lowest BCUT2D eigenvalue weighted by molar-refractivity contribution is 0.0372. The van der Waals surface area contributed by atoms with Gasteiger partial charge < -0.3 is 20.3 Å². The van der Waals surface area contributed by atoms with Crippen molar-refractivity contribution in [1.29, 1.82) is 0 Å². The molecule has 7 heteroatoms. The molecule has 1 heterocycles. The molecule has 0 aliphatic carbocycles.